The first-order valence-electron chi connectivity index (χ1n) is 7.92. The Kier molecular flexibility index (Phi) is 2.90. The topological polar surface area (TPSA) is 38.1 Å². The molecule has 1 saturated heterocycles. The van der Waals surface area contributed by atoms with E-state index in [-0.39, 0.29) is 0 Å². The van der Waals surface area contributed by atoms with Gasteiger partial charge in [-0.1, -0.05) is 18.2 Å². The normalized spacial score (nSPS) is 19.8. The van der Waals surface area contributed by atoms with Crippen LogP contribution in [0.5, 0.6) is 0 Å². The average Bonchev–Trinajstić information content (AvgIpc) is 2.78. The fourth-order valence-corrected chi connectivity index (χ4v) is 4.15. The summed E-state index contributed by atoms with van der Waals surface area (Å²) in [6.07, 6.45) is 3.32. The van der Waals surface area contributed by atoms with Crippen LogP contribution in [0.25, 0.3) is 5.69 Å². The van der Waals surface area contributed by atoms with Crippen LogP contribution in [0.3, 0.4) is 0 Å². The van der Waals surface area contributed by atoms with Crippen LogP contribution in [0.2, 0.25) is 0 Å². The number of hydrogen-bond donors (Lipinski definition) is 0. The highest BCUT2D eigenvalue weighted by Gasteiger charge is 2.53. The molecule has 0 radical (unpaired) electrons. The highest BCUT2D eigenvalue weighted by molar-refractivity contribution is 5.50. The Labute approximate surface area is 130 Å². The van der Waals surface area contributed by atoms with Crippen molar-refractivity contribution >= 4 is 6.41 Å². The van der Waals surface area contributed by atoms with Crippen molar-refractivity contribution < 1.29 is 4.79 Å². The van der Waals surface area contributed by atoms with E-state index in [4.69, 9.17) is 5.10 Å². The first-order valence-corrected chi connectivity index (χ1v) is 7.92. The third-order valence-corrected chi connectivity index (χ3v) is 5.21. The third kappa shape index (κ3) is 1.97. The smallest absolute Gasteiger partial charge is 0.209 e. The van der Waals surface area contributed by atoms with E-state index in [1.54, 1.807) is 0 Å². The van der Waals surface area contributed by atoms with Crippen molar-refractivity contribution in [3.63, 3.8) is 0 Å². The molecule has 0 N–H and O–H groups in total. The van der Waals surface area contributed by atoms with Gasteiger partial charge in [-0.2, -0.15) is 5.10 Å². The molecule has 4 rings (SSSR count). The summed E-state index contributed by atoms with van der Waals surface area (Å²) >= 11 is 0. The molecule has 1 aromatic carbocycles. The predicted molar refractivity (Wildman–Crippen MR) is 85.1 cm³/mol. The molecule has 4 heteroatoms. The van der Waals surface area contributed by atoms with Gasteiger partial charge in [-0.05, 0) is 44.4 Å². The zero-order chi connectivity index (χ0) is 15.3. The summed E-state index contributed by atoms with van der Waals surface area (Å²) in [6.45, 7) is 6.06. The van der Waals surface area contributed by atoms with Crippen LogP contribution in [0, 0.1) is 19.3 Å². The Bertz CT molecular complexity index is 720. The number of amides is 1. The van der Waals surface area contributed by atoms with Gasteiger partial charge in [-0.3, -0.25) is 4.79 Å². The molecular weight excluding hydrogens is 274 g/mol. The van der Waals surface area contributed by atoms with Crippen LogP contribution in [-0.2, 0) is 4.79 Å². The van der Waals surface area contributed by atoms with E-state index < -0.39 is 0 Å². The Morgan fingerprint density at radius 1 is 1.23 bits per heavy atom. The lowest BCUT2D eigenvalue weighted by Crippen LogP contribution is -2.61. The number of para-hydroxylation sites is 1. The van der Waals surface area contributed by atoms with Gasteiger partial charge in [0.05, 0.1) is 11.4 Å². The number of carbonyl (C=O) groups is 1. The molecule has 0 atom stereocenters. The Balaban J connectivity index is 1.60. The van der Waals surface area contributed by atoms with Crippen molar-refractivity contribution in [3.05, 3.63) is 47.3 Å². The van der Waals surface area contributed by atoms with Crippen LogP contribution in [-0.4, -0.2) is 34.2 Å². The van der Waals surface area contributed by atoms with Gasteiger partial charge in [0.1, 0.15) is 0 Å². The predicted octanol–water partition coefficient (Wildman–Crippen LogP) is 2.82. The molecule has 2 fully saturated rings. The van der Waals surface area contributed by atoms with E-state index in [0.29, 0.717) is 11.3 Å². The Hall–Kier alpha value is -2.10. The summed E-state index contributed by atoms with van der Waals surface area (Å²) in [5.41, 5.74) is 5.20. The molecule has 114 valence electrons. The highest BCUT2D eigenvalue weighted by Crippen LogP contribution is 2.55. The van der Waals surface area contributed by atoms with Gasteiger partial charge in [0, 0.05) is 30.1 Å². The third-order valence-electron chi connectivity index (χ3n) is 5.21. The SMILES string of the molecule is Cc1cc(C2CC3(C2)CN(C=O)C3)n(-c2ccccc2C)n1. The molecule has 0 bridgehead atoms. The summed E-state index contributed by atoms with van der Waals surface area (Å²) < 4.78 is 2.12. The van der Waals surface area contributed by atoms with Crippen LogP contribution < -0.4 is 0 Å². The van der Waals surface area contributed by atoms with Gasteiger partial charge < -0.3 is 4.90 Å². The molecule has 2 heterocycles. The van der Waals surface area contributed by atoms with E-state index in [9.17, 15) is 4.79 Å². The second-order valence-corrected chi connectivity index (χ2v) is 7.02. The lowest BCUT2D eigenvalue weighted by Gasteiger charge is -2.58. The Morgan fingerprint density at radius 2 is 1.95 bits per heavy atom. The summed E-state index contributed by atoms with van der Waals surface area (Å²) in [5, 5.41) is 4.72. The zero-order valence-electron chi connectivity index (χ0n) is 13.1. The molecule has 2 aliphatic rings. The molecule has 1 saturated carbocycles. The number of hydrogen-bond acceptors (Lipinski definition) is 2. The molecule has 0 unspecified atom stereocenters. The van der Waals surface area contributed by atoms with Gasteiger partial charge in [-0.25, -0.2) is 4.68 Å². The summed E-state index contributed by atoms with van der Waals surface area (Å²) in [7, 11) is 0. The minimum absolute atomic E-state index is 0.389. The van der Waals surface area contributed by atoms with E-state index in [2.05, 4.69) is 48.9 Å². The summed E-state index contributed by atoms with van der Waals surface area (Å²) in [5.74, 6) is 0.564. The number of likely N-dealkylation sites (tertiary alicyclic amines) is 1. The lowest BCUT2D eigenvalue weighted by molar-refractivity contribution is -0.137. The number of rotatable bonds is 3. The van der Waals surface area contributed by atoms with E-state index in [1.165, 1.54) is 29.8 Å². The molecule has 1 spiro atoms. The quantitative estimate of drug-likeness (QED) is 0.817. The fraction of sp³-hybridized carbons (Fsp3) is 0.444. The number of benzene rings is 1. The minimum Gasteiger partial charge on any atom is -0.344 e. The number of nitrogens with zero attached hydrogens (tertiary/aromatic N) is 3. The molecule has 2 aromatic rings. The number of carbonyl (C=O) groups excluding carboxylic acids is 1. The summed E-state index contributed by atoms with van der Waals surface area (Å²) in [4.78, 5) is 12.6. The maximum absolute atomic E-state index is 10.8. The zero-order valence-corrected chi connectivity index (χ0v) is 13.1. The van der Waals surface area contributed by atoms with Crippen molar-refractivity contribution in [1.29, 1.82) is 0 Å². The molecule has 1 amide bonds. The average molecular weight is 295 g/mol. The van der Waals surface area contributed by atoms with Gasteiger partial charge in [0.25, 0.3) is 0 Å². The van der Waals surface area contributed by atoms with Crippen LogP contribution >= 0.6 is 0 Å². The van der Waals surface area contributed by atoms with E-state index in [0.717, 1.165) is 25.2 Å². The minimum atomic E-state index is 0.389. The Morgan fingerprint density at radius 3 is 2.64 bits per heavy atom. The summed E-state index contributed by atoms with van der Waals surface area (Å²) in [6, 6.07) is 10.6. The molecule has 1 aliphatic carbocycles. The highest BCUT2D eigenvalue weighted by atomic mass is 16.1. The maximum Gasteiger partial charge on any atom is 0.209 e. The molecular formula is C18H21N3O. The van der Waals surface area contributed by atoms with Crippen LogP contribution in [0.15, 0.2) is 30.3 Å². The van der Waals surface area contributed by atoms with Crippen molar-refractivity contribution in [1.82, 2.24) is 14.7 Å². The van der Waals surface area contributed by atoms with Gasteiger partial charge in [-0.15, -0.1) is 0 Å². The maximum atomic E-state index is 10.8. The van der Waals surface area contributed by atoms with Gasteiger partial charge >= 0.3 is 0 Å². The number of aromatic nitrogens is 2. The number of aryl methyl sites for hydroxylation is 2. The molecule has 1 aliphatic heterocycles. The van der Waals surface area contributed by atoms with Crippen LogP contribution in [0.4, 0.5) is 0 Å². The van der Waals surface area contributed by atoms with Gasteiger partial charge in [0.2, 0.25) is 6.41 Å². The largest absolute Gasteiger partial charge is 0.344 e. The van der Waals surface area contributed by atoms with Gasteiger partial charge in [0.15, 0.2) is 0 Å². The van der Waals surface area contributed by atoms with Crippen molar-refractivity contribution in [2.45, 2.75) is 32.6 Å². The lowest BCUT2D eigenvalue weighted by atomic mass is 9.57. The van der Waals surface area contributed by atoms with E-state index in [1.807, 2.05) is 4.90 Å². The molecule has 4 nitrogen and oxygen atoms in total. The van der Waals surface area contributed by atoms with Crippen molar-refractivity contribution in [3.8, 4) is 5.69 Å². The first-order chi connectivity index (χ1) is 10.6. The van der Waals surface area contributed by atoms with Crippen LogP contribution in [0.1, 0.15) is 35.7 Å². The molecule has 1 aromatic heterocycles. The monoisotopic (exact) mass is 295 g/mol. The standard InChI is InChI=1S/C18H21N3O/c1-13-5-3-4-6-16(13)21-17(7-14(2)19-21)15-8-18(9-15)10-20(11-18)12-22/h3-7,12,15H,8-11H2,1-2H3. The van der Waals surface area contributed by atoms with Crippen molar-refractivity contribution in [2.75, 3.05) is 13.1 Å². The first kappa shape index (κ1) is 13.6. The van der Waals surface area contributed by atoms with E-state index >= 15 is 0 Å². The second kappa shape index (κ2) is 4.70. The second-order valence-electron chi connectivity index (χ2n) is 7.02. The van der Waals surface area contributed by atoms with Crippen molar-refractivity contribution in [2.24, 2.45) is 5.41 Å². The fourth-order valence-electron chi connectivity index (χ4n) is 4.15. The molecule has 22 heavy (non-hydrogen) atoms.